The second kappa shape index (κ2) is 14.5. The van der Waals surface area contributed by atoms with Crippen LogP contribution in [0, 0.1) is 0 Å². The molecular weight excluding hydrogens is 408 g/mol. The summed E-state index contributed by atoms with van der Waals surface area (Å²) in [5, 5.41) is 7.38. The summed E-state index contributed by atoms with van der Waals surface area (Å²) in [5.41, 5.74) is 2.45. The van der Waals surface area contributed by atoms with Crippen molar-refractivity contribution in [2.45, 2.75) is 52.2 Å². The monoisotopic (exact) mass is 440 g/mol. The smallest absolute Gasteiger partial charge is 0.264 e. The van der Waals surface area contributed by atoms with Gasteiger partial charge in [0, 0.05) is 24.2 Å². The highest BCUT2D eigenvalue weighted by molar-refractivity contribution is 7.85. The molecule has 162 valence electrons. The second-order valence-electron chi connectivity index (χ2n) is 7.00. The average Bonchev–Trinajstić information content (AvgIpc) is 2.68. The lowest BCUT2D eigenvalue weighted by Gasteiger charge is -2.12. The molecule has 0 aliphatic rings. The minimum Gasteiger partial charge on any atom is -0.313 e. The van der Waals surface area contributed by atoms with Crippen molar-refractivity contribution < 1.29 is 13.0 Å². The van der Waals surface area contributed by atoms with Crippen molar-refractivity contribution in [1.82, 2.24) is 10.6 Å². The molecule has 29 heavy (non-hydrogen) atoms. The molecule has 0 amide bonds. The van der Waals surface area contributed by atoms with Gasteiger partial charge in [0.2, 0.25) is 0 Å². The molecule has 2 aromatic rings. The molecule has 5 nitrogen and oxygen atoms in total. The third kappa shape index (κ3) is 14.2. The van der Waals surface area contributed by atoms with Gasteiger partial charge in [0.15, 0.2) is 0 Å². The lowest BCUT2D eigenvalue weighted by Crippen LogP contribution is -2.24. The first-order valence-electron chi connectivity index (χ1n) is 9.97. The minimum atomic E-state index is -3.81. The minimum absolute atomic E-state index is 0.186. The fourth-order valence-corrected chi connectivity index (χ4v) is 3.27. The van der Waals surface area contributed by atoms with Crippen LogP contribution >= 0.6 is 11.6 Å². The molecule has 0 bridgehead atoms. The third-order valence-electron chi connectivity index (χ3n) is 4.22. The Hall–Kier alpha value is -1.44. The van der Waals surface area contributed by atoms with Crippen molar-refractivity contribution in [3.05, 3.63) is 70.7 Å². The maximum atomic E-state index is 10.4. The van der Waals surface area contributed by atoms with Crippen LogP contribution < -0.4 is 10.6 Å². The standard InChI is InChI=1S/C12H18ClN.C10H15NO3S/c1-3-4-10(2)14-9-11-5-7-12(13)8-6-11;12-15(13,14)8-4-7-11-9-10-5-2-1-3-6-10/h5-8,10,14H,3-4,9H2,1-2H3;1-3,5-6,11H,4,7-9H2,(H,12,13,14). The van der Waals surface area contributed by atoms with Crippen LogP contribution in [0.1, 0.15) is 44.2 Å². The van der Waals surface area contributed by atoms with Gasteiger partial charge in [-0.15, -0.1) is 0 Å². The predicted octanol–water partition coefficient (Wildman–Crippen LogP) is 4.67. The average molecular weight is 441 g/mol. The van der Waals surface area contributed by atoms with Crippen molar-refractivity contribution in [3.8, 4) is 0 Å². The molecule has 2 aromatic carbocycles. The first kappa shape index (κ1) is 25.6. The molecule has 0 heterocycles. The highest BCUT2D eigenvalue weighted by atomic mass is 35.5. The highest BCUT2D eigenvalue weighted by Crippen LogP contribution is 2.09. The summed E-state index contributed by atoms with van der Waals surface area (Å²) >= 11 is 5.80. The van der Waals surface area contributed by atoms with E-state index in [9.17, 15) is 8.42 Å². The van der Waals surface area contributed by atoms with E-state index in [4.69, 9.17) is 16.2 Å². The van der Waals surface area contributed by atoms with Crippen LogP contribution in [-0.2, 0) is 23.2 Å². The Morgan fingerprint density at radius 2 is 1.62 bits per heavy atom. The summed E-state index contributed by atoms with van der Waals surface area (Å²) in [5.74, 6) is -0.186. The number of halogens is 1. The van der Waals surface area contributed by atoms with Gasteiger partial charge < -0.3 is 10.6 Å². The summed E-state index contributed by atoms with van der Waals surface area (Å²) in [4.78, 5) is 0. The van der Waals surface area contributed by atoms with Gasteiger partial charge in [-0.3, -0.25) is 4.55 Å². The van der Waals surface area contributed by atoms with Crippen LogP contribution in [0.5, 0.6) is 0 Å². The van der Waals surface area contributed by atoms with E-state index in [-0.39, 0.29) is 5.75 Å². The van der Waals surface area contributed by atoms with E-state index >= 15 is 0 Å². The maximum absolute atomic E-state index is 10.4. The van der Waals surface area contributed by atoms with E-state index in [1.54, 1.807) is 0 Å². The molecule has 0 aliphatic heterocycles. The number of rotatable bonds is 11. The van der Waals surface area contributed by atoms with Gasteiger partial charge in [0.25, 0.3) is 10.1 Å². The van der Waals surface area contributed by atoms with Gasteiger partial charge in [0.05, 0.1) is 5.75 Å². The van der Waals surface area contributed by atoms with Crippen LogP contribution in [0.3, 0.4) is 0 Å². The van der Waals surface area contributed by atoms with Crippen molar-refractivity contribution in [2.75, 3.05) is 12.3 Å². The molecule has 0 saturated heterocycles. The fraction of sp³-hybridized carbons (Fsp3) is 0.455. The Kier molecular flexibility index (Phi) is 12.8. The molecule has 0 aromatic heterocycles. The summed E-state index contributed by atoms with van der Waals surface area (Å²) < 4.78 is 29.3. The van der Waals surface area contributed by atoms with Crippen LogP contribution in [0.15, 0.2) is 54.6 Å². The van der Waals surface area contributed by atoms with Crippen LogP contribution in [0.4, 0.5) is 0 Å². The molecule has 0 radical (unpaired) electrons. The topological polar surface area (TPSA) is 78.4 Å². The van der Waals surface area contributed by atoms with Gasteiger partial charge in [-0.05, 0) is 49.6 Å². The quantitative estimate of drug-likeness (QED) is 0.349. The van der Waals surface area contributed by atoms with Crippen LogP contribution in [-0.4, -0.2) is 31.3 Å². The van der Waals surface area contributed by atoms with Gasteiger partial charge in [0.1, 0.15) is 0 Å². The molecule has 1 atom stereocenters. The Labute approximate surface area is 180 Å². The maximum Gasteiger partial charge on any atom is 0.264 e. The van der Waals surface area contributed by atoms with Crippen molar-refractivity contribution in [3.63, 3.8) is 0 Å². The van der Waals surface area contributed by atoms with E-state index < -0.39 is 10.1 Å². The molecule has 1 unspecified atom stereocenters. The summed E-state index contributed by atoms with van der Waals surface area (Å²) in [6.45, 7) is 6.65. The molecule has 0 saturated carbocycles. The van der Waals surface area contributed by atoms with Gasteiger partial charge in [-0.1, -0.05) is 67.4 Å². The van der Waals surface area contributed by atoms with E-state index in [2.05, 4.69) is 36.6 Å². The third-order valence-corrected chi connectivity index (χ3v) is 5.27. The van der Waals surface area contributed by atoms with Crippen LogP contribution in [0.2, 0.25) is 5.02 Å². The number of nitrogens with one attached hydrogen (secondary N) is 2. The molecule has 2 rings (SSSR count). The van der Waals surface area contributed by atoms with Crippen molar-refractivity contribution >= 4 is 21.7 Å². The molecule has 0 aliphatic carbocycles. The van der Waals surface area contributed by atoms with Gasteiger partial charge >= 0.3 is 0 Å². The van der Waals surface area contributed by atoms with Crippen molar-refractivity contribution in [1.29, 1.82) is 0 Å². The summed E-state index contributed by atoms with van der Waals surface area (Å²) in [6.07, 6.45) is 2.88. The molecule has 0 fully saturated rings. The Balaban J connectivity index is 0.000000291. The first-order valence-corrected chi connectivity index (χ1v) is 12.0. The van der Waals surface area contributed by atoms with Crippen molar-refractivity contribution in [2.24, 2.45) is 0 Å². The predicted molar refractivity (Wildman–Crippen MR) is 122 cm³/mol. The molecule has 0 spiro atoms. The lowest BCUT2D eigenvalue weighted by molar-refractivity contribution is 0.479. The van der Waals surface area contributed by atoms with E-state index in [1.165, 1.54) is 18.4 Å². The summed E-state index contributed by atoms with van der Waals surface area (Å²) in [7, 11) is -3.81. The van der Waals surface area contributed by atoms with Crippen LogP contribution in [0.25, 0.3) is 0 Å². The van der Waals surface area contributed by atoms with E-state index in [0.29, 0.717) is 25.6 Å². The summed E-state index contributed by atoms with van der Waals surface area (Å²) in [6, 6.07) is 18.4. The second-order valence-corrected chi connectivity index (χ2v) is 9.01. The number of benzene rings is 2. The fourth-order valence-electron chi connectivity index (χ4n) is 2.64. The van der Waals surface area contributed by atoms with E-state index in [1.807, 2.05) is 42.5 Å². The molecular formula is C22H33ClN2O3S. The zero-order valence-corrected chi connectivity index (χ0v) is 18.8. The number of hydrogen-bond acceptors (Lipinski definition) is 4. The lowest BCUT2D eigenvalue weighted by atomic mass is 10.1. The largest absolute Gasteiger partial charge is 0.313 e. The van der Waals surface area contributed by atoms with Gasteiger partial charge in [-0.25, -0.2) is 0 Å². The first-order chi connectivity index (χ1) is 13.8. The normalized spacial score (nSPS) is 12.1. The number of hydrogen-bond donors (Lipinski definition) is 3. The molecule has 7 heteroatoms. The highest BCUT2D eigenvalue weighted by Gasteiger charge is 2.02. The Morgan fingerprint density at radius 3 is 2.21 bits per heavy atom. The van der Waals surface area contributed by atoms with Gasteiger partial charge in [-0.2, -0.15) is 8.42 Å². The Morgan fingerprint density at radius 1 is 1.00 bits per heavy atom. The zero-order chi connectivity index (χ0) is 21.5. The molecule has 3 N–H and O–H groups in total. The van der Waals surface area contributed by atoms with E-state index in [0.717, 1.165) is 17.1 Å². The Bertz CT molecular complexity index is 768. The zero-order valence-electron chi connectivity index (χ0n) is 17.3. The SMILES string of the molecule is CCCC(C)NCc1ccc(Cl)cc1.O=S(=O)(O)CCCNCc1ccccc1.